The number of aromatic nitrogens is 1. The van der Waals surface area contributed by atoms with Gasteiger partial charge in [0.05, 0.1) is 13.2 Å². The van der Waals surface area contributed by atoms with Crippen molar-refractivity contribution in [3.8, 4) is 6.07 Å². The molecular weight excluding hydrogens is 288 g/mol. The summed E-state index contributed by atoms with van der Waals surface area (Å²) in [5.74, 6) is 0.0963. The third kappa shape index (κ3) is 3.80. The minimum atomic E-state index is 0.0963. The van der Waals surface area contributed by atoms with Crippen molar-refractivity contribution in [1.82, 2.24) is 9.88 Å². The number of ether oxygens (including phenoxy) is 1. The Kier molecular flexibility index (Phi) is 4.96. The van der Waals surface area contributed by atoms with E-state index in [2.05, 4.69) is 10.3 Å². The van der Waals surface area contributed by atoms with E-state index in [0.29, 0.717) is 49.3 Å². The lowest BCUT2D eigenvalue weighted by atomic mass is 10.3. The molecule has 6 nitrogen and oxygen atoms in total. The summed E-state index contributed by atoms with van der Waals surface area (Å²) in [6.45, 7) is 2.99. The third-order valence-electron chi connectivity index (χ3n) is 2.67. The van der Waals surface area contributed by atoms with Gasteiger partial charge in [-0.2, -0.15) is 5.26 Å². The van der Waals surface area contributed by atoms with Crippen LogP contribution in [0.3, 0.4) is 0 Å². The van der Waals surface area contributed by atoms with Gasteiger partial charge in [0, 0.05) is 26.1 Å². The summed E-state index contributed by atoms with van der Waals surface area (Å²) >= 11 is 6.94. The van der Waals surface area contributed by atoms with Gasteiger partial charge in [-0.15, -0.1) is 0 Å². The van der Waals surface area contributed by atoms with Gasteiger partial charge in [0.25, 0.3) is 0 Å². The fourth-order valence-electron chi connectivity index (χ4n) is 1.69. The van der Waals surface area contributed by atoms with Crippen LogP contribution in [-0.2, 0) is 9.53 Å². The Balaban J connectivity index is 1.76. The van der Waals surface area contributed by atoms with Crippen molar-refractivity contribution in [2.45, 2.75) is 6.42 Å². The fraction of sp³-hybridized carbons (Fsp3) is 0.545. The molecular formula is C11H13ClN4O2S. The monoisotopic (exact) mass is 300 g/mol. The smallest absolute Gasteiger partial charge is 0.224 e. The van der Waals surface area contributed by atoms with Gasteiger partial charge in [-0.05, 0) is 0 Å². The molecule has 19 heavy (non-hydrogen) atoms. The van der Waals surface area contributed by atoms with Gasteiger partial charge in [0.2, 0.25) is 5.91 Å². The molecule has 0 unspecified atom stereocenters. The first kappa shape index (κ1) is 14.1. The van der Waals surface area contributed by atoms with Crippen molar-refractivity contribution in [2.24, 2.45) is 0 Å². The summed E-state index contributed by atoms with van der Waals surface area (Å²) in [6, 6.07) is 1.96. The van der Waals surface area contributed by atoms with Gasteiger partial charge in [0.15, 0.2) is 10.3 Å². The maximum absolute atomic E-state index is 11.9. The standard InChI is InChI=1S/C11H13ClN4O2S/c12-10-8(7-13)19-11(15-10)14-2-1-9(17)16-3-5-18-6-4-16/h1-6H2,(H,14,15). The lowest BCUT2D eigenvalue weighted by Gasteiger charge is -2.26. The molecule has 102 valence electrons. The minimum absolute atomic E-state index is 0.0963. The minimum Gasteiger partial charge on any atom is -0.378 e. The Hall–Kier alpha value is -1.36. The van der Waals surface area contributed by atoms with Crippen LogP contribution in [-0.4, -0.2) is 48.6 Å². The first-order valence-electron chi connectivity index (χ1n) is 5.86. The van der Waals surface area contributed by atoms with Crippen LogP contribution in [0.5, 0.6) is 0 Å². The Morgan fingerprint density at radius 1 is 1.58 bits per heavy atom. The SMILES string of the molecule is N#Cc1sc(NCCC(=O)N2CCOCC2)nc1Cl. The number of amides is 1. The summed E-state index contributed by atoms with van der Waals surface area (Å²) in [6.07, 6.45) is 0.388. The van der Waals surface area contributed by atoms with Crippen molar-refractivity contribution in [2.75, 3.05) is 38.2 Å². The maximum atomic E-state index is 11.9. The average Bonchev–Trinajstić information content (AvgIpc) is 2.80. The Labute approximate surface area is 119 Å². The zero-order valence-electron chi connectivity index (χ0n) is 10.2. The molecule has 0 saturated carbocycles. The molecule has 1 aromatic rings. The van der Waals surface area contributed by atoms with Gasteiger partial charge in [-0.1, -0.05) is 22.9 Å². The van der Waals surface area contributed by atoms with Crippen LogP contribution in [0.4, 0.5) is 5.13 Å². The van der Waals surface area contributed by atoms with Gasteiger partial charge < -0.3 is 15.0 Å². The number of hydrogen-bond acceptors (Lipinski definition) is 6. The Morgan fingerprint density at radius 2 is 2.32 bits per heavy atom. The molecule has 1 N–H and O–H groups in total. The summed E-state index contributed by atoms with van der Waals surface area (Å²) in [7, 11) is 0. The largest absolute Gasteiger partial charge is 0.378 e. The molecule has 0 aromatic carbocycles. The average molecular weight is 301 g/mol. The van der Waals surface area contributed by atoms with Crippen molar-refractivity contribution in [3.63, 3.8) is 0 Å². The van der Waals surface area contributed by atoms with Crippen LogP contribution in [0.2, 0.25) is 5.15 Å². The van der Waals surface area contributed by atoms with Crippen molar-refractivity contribution >= 4 is 34.0 Å². The predicted molar refractivity (Wildman–Crippen MR) is 72.3 cm³/mol. The van der Waals surface area contributed by atoms with Gasteiger partial charge in [-0.25, -0.2) is 4.98 Å². The number of carbonyl (C=O) groups excluding carboxylic acids is 1. The molecule has 1 amide bonds. The zero-order valence-corrected chi connectivity index (χ0v) is 11.8. The van der Waals surface area contributed by atoms with Crippen molar-refractivity contribution in [1.29, 1.82) is 5.26 Å². The van der Waals surface area contributed by atoms with E-state index in [-0.39, 0.29) is 11.1 Å². The molecule has 8 heteroatoms. The second-order valence-electron chi connectivity index (χ2n) is 3.92. The topological polar surface area (TPSA) is 78.2 Å². The highest BCUT2D eigenvalue weighted by molar-refractivity contribution is 7.16. The number of hydrogen-bond donors (Lipinski definition) is 1. The number of anilines is 1. The van der Waals surface area contributed by atoms with E-state index in [0.717, 1.165) is 0 Å². The molecule has 1 fully saturated rings. The van der Waals surface area contributed by atoms with E-state index < -0.39 is 0 Å². The molecule has 1 aromatic heterocycles. The molecule has 0 spiro atoms. The Morgan fingerprint density at radius 3 is 2.95 bits per heavy atom. The van der Waals surface area contributed by atoms with E-state index in [1.807, 2.05) is 6.07 Å². The van der Waals surface area contributed by atoms with Crippen LogP contribution in [0.15, 0.2) is 0 Å². The molecule has 0 radical (unpaired) electrons. The van der Waals surface area contributed by atoms with Crippen LogP contribution < -0.4 is 5.32 Å². The Bertz CT molecular complexity index is 493. The molecule has 0 atom stereocenters. The number of rotatable bonds is 4. The van der Waals surface area contributed by atoms with Gasteiger partial charge in [-0.3, -0.25) is 4.79 Å². The first-order chi connectivity index (χ1) is 9.20. The van der Waals surface area contributed by atoms with Crippen molar-refractivity contribution in [3.05, 3.63) is 10.0 Å². The molecule has 2 heterocycles. The van der Waals surface area contributed by atoms with E-state index in [9.17, 15) is 4.79 Å². The fourth-order valence-corrected chi connectivity index (χ4v) is 2.67. The molecule has 2 rings (SSSR count). The molecule has 1 aliphatic heterocycles. The highest BCUT2D eigenvalue weighted by atomic mass is 35.5. The molecule has 0 bridgehead atoms. The number of nitrogens with zero attached hydrogens (tertiary/aromatic N) is 3. The maximum Gasteiger partial charge on any atom is 0.224 e. The molecule has 0 aliphatic carbocycles. The van der Waals surface area contributed by atoms with E-state index in [1.165, 1.54) is 11.3 Å². The lowest BCUT2D eigenvalue weighted by molar-refractivity contribution is -0.134. The van der Waals surface area contributed by atoms with Crippen molar-refractivity contribution < 1.29 is 9.53 Å². The van der Waals surface area contributed by atoms with Gasteiger partial charge >= 0.3 is 0 Å². The highest BCUT2D eigenvalue weighted by Gasteiger charge is 2.16. The second kappa shape index (κ2) is 6.70. The van der Waals surface area contributed by atoms with E-state index in [1.54, 1.807) is 4.90 Å². The number of thiazole rings is 1. The normalized spacial score (nSPS) is 15.1. The van der Waals surface area contributed by atoms with Gasteiger partial charge in [0.1, 0.15) is 10.9 Å². The lowest BCUT2D eigenvalue weighted by Crippen LogP contribution is -2.41. The molecule has 1 saturated heterocycles. The summed E-state index contributed by atoms with van der Waals surface area (Å²) in [5.41, 5.74) is 0. The molecule has 1 aliphatic rings. The van der Waals surface area contributed by atoms with E-state index >= 15 is 0 Å². The number of nitrogens with one attached hydrogen (secondary N) is 1. The summed E-state index contributed by atoms with van der Waals surface area (Å²) < 4.78 is 5.19. The first-order valence-corrected chi connectivity index (χ1v) is 7.06. The number of morpholine rings is 1. The number of carbonyl (C=O) groups is 1. The highest BCUT2D eigenvalue weighted by Crippen LogP contribution is 2.25. The van der Waals surface area contributed by atoms with Crippen LogP contribution in [0, 0.1) is 11.3 Å². The second-order valence-corrected chi connectivity index (χ2v) is 5.28. The zero-order chi connectivity index (χ0) is 13.7. The predicted octanol–water partition coefficient (Wildman–Crippen LogP) is 1.33. The van der Waals surface area contributed by atoms with E-state index in [4.69, 9.17) is 21.6 Å². The van der Waals surface area contributed by atoms with Crippen LogP contribution in [0.1, 0.15) is 11.3 Å². The quantitative estimate of drug-likeness (QED) is 0.907. The van der Waals surface area contributed by atoms with Crippen LogP contribution in [0.25, 0.3) is 0 Å². The summed E-state index contributed by atoms with van der Waals surface area (Å²) in [5, 5.41) is 12.5. The summed E-state index contributed by atoms with van der Waals surface area (Å²) in [4.78, 5) is 18.0. The number of nitriles is 1. The third-order valence-corrected chi connectivity index (χ3v) is 3.97. The number of halogens is 1. The van der Waals surface area contributed by atoms with Crippen LogP contribution >= 0.6 is 22.9 Å².